The summed E-state index contributed by atoms with van der Waals surface area (Å²) in [6.07, 6.45) is 5.00. The van der Waals surface area contributed by atoms with Crippen LogP contribution in [-0.2, 0) is 7.05 Å². The minimum atomic E-state index is -2.86. The maximum absolute atomic E-state index is 11.8. The zero-order valence-corrected chi connectivity index (χ0v) is 7.50. The van der Waals surface area contributed by atoms with Crippen LogP contribution >= 0.6 is 0 Å². The molecule has 0 saturated heterocycles. The van der Waals surface area contributed by atoms with Gasteiger partial charge in [0.25, 0.3) is 0 Å². The number of nitrogens with one attached hydrogen (secondary N) is 1. The van der Waals surface area contributed by atoms with E-state index in [9.17, 15) is 8.78 Å². The first-order valence-electron chi connectivity index (χ1n) is 3.79. The molecule has 1 heterocycles. The first-order chi connectivity index (χ1) is 6.63. The largest absolute Gasteiger partial charge is 0.417 e. The normalized spacial score (nSPS) is 9.93. The zero-order valence-electron chi connectivity index (χ0n) is 7.50. The van der Waals surface area contributed by atoms with Gasteiger partial charge in [0.15, 0.2) is 5.82 Å². The minimum Gasteiger partial charge on any atom is -0.417 e. The molecule has 1 aromatic rings. The van der Waals surface area contributed by atoms with Crippen LogP contribution in [0, 0.1) is 12.3 Å². The molecule has 0 aromatic carbocycles. The molecule has 1 rings (SSSR count). The molecule has 0 amide bonds. The van der Waals surface area contributed by atoms with Crippen molar-refractivity contribution in [2.24, 2.45) is 7.05 Å². The Bertz CT molecular complexity index is 343. The van der Waals surface area contributed by atoms with Crippen molar-refractivity contribution >= 4 is 5.82 Å². The highest BCUT2D eigenvalue weighted by Crippen LogP contribution is 2.17. The van der Waals surface area contributed by atoms with Gasteiger partial charge in [-0.2, -0.15) is 13.9 Å². The highest BCUT2D eigenvalue weighted by atomic mass is 19.3. The quantitative estimate of drug-likeness (QED) is 0.740. The molecule has 0 aliphatic carbocycles. The molecule has 0 aliphatic heterocycles. The minimum absolute atomic E-state index is 0.0143. The Balaban J connectivity index is 2.68. The number of alkyl halides is 2. The number of terminal acetylenes is 1. The van der Waals surface area contributed by atoms with Crippen LogP contribution < -0.4 is 10.1 Å². The monoisotopic (exact) mass is 201 g/mol. The van der Waals surface area contributed by atoms with Crippen molar-refractivity contribution in [1.82, 2.24) is 9.78 Å². The third-order valence-electron chi connectivity index (χ3n) is 1.42. The van der Waals surface area contributed by atoms with Gasteiger partial charge in [0.05, 0.1) is 6.54 Å². The summed E-state index contributed by atoms with van der Waals surface area (Å²) in [6.45, 7) is -2.57. The Morgan fingerprint density at radius 3 is 3.07 bits per heavy atom. The lowest BCUT2D eigenvalue weighted by atomic mass is 10.5. The van der Waals surface area contributed by atoms with Crippen LogP contribution in [0.15, 0.2) is 6.07 Å². The molecule has 1 N–H and O–H groups in total. The Hall–Kier alpha value is -1.77. The maximum Gasteiger partial charge on any atom is 0.388 e. The number of aryl methyl sites for hydroxylation is 1. The van der Waals surface area contributed by atoms with Gasteiger partial charge in [0.1, 0.15) is 0 Å². The standard InChI is InChI=1S/C8H9F2N3O/c1-3-4-11-6-5-7(13(2)12-6)14-8(9)10/h1,5,8H,4H2,2H3,(H,11,12). The first-order valence-corrected chi connectivity index (χ1v) is 3.79. The van der Waals surface area contributed by atoms with Crippen LogP contribution in [0.5, 0.6) is 5.88 Å². The van der Waals surface area contributed by atoms with Crippen LogP contribution in [0.4, 0.5) is 14.6 Å². The third kappa shape index (κ3) is 2.62. The molecule has 1 aromatic heterocycles. The lowest BCUT2D eigenvalue weighted by Crippen LogP contribution is -2.06. The molecule has 0 fully saturated rings. The van der Waals surface area contributed by atoms with Gasteiger partial charge in [-0.25, -0.2) is 4.68 Å². The number of ether oxygens (including phenoxy) is 1. The lowest BCUT2D eigenvalue weighted by molar-refractivity contribution is -0.0553. The van der Waals surface area contributed by atoms with E-state index >= 15 is 0 Å². The number of nitrogens with zero attached hydrogens (tertiary/aromatic N) is 2. The van der Waals surface area contributed by atoms with Crippen LogP contribution in [0.2, 0.25) is 0 Å². The van der Waals surface area contributed by atoms with E-state index < -0.39 is 6.61 Å². The molecule has 6 heteroatoms. The number of hydrogen-bond acceptors (Lipinski definition) is 3. The Morgan fingerprint density at radius 1 is 1.79 bits per heavy atom. The zero-order chi connectivity index (χ0) is 10.6. The Morgan fingerprint density at radius 2 is 2.50 bits per heavy atom. The van der Waals surface area contributed by atoms with Crippen LogP contribution in [-0.4, -0.2) is 22.9 Å². The summed E-state index contributed by atoms with van der Waals surface area (Å²) < 4.78 is 29.1. The summed E-state index contributed by atoms with van der Waals surface area (Å²) in [5.41, 5.74) is 0. The number of hydrogen-bond donors (Lipinski definition) is 1. The van der Waals surface area contributed by atoms with Gasteiger partial charge in [0, 0.05) is 13.1 Å². The molecular formula is C8H9F2N3O. The molecule has 0 radical (unpaired) electrons. The van der Waals surface area contributed by atoms with Crippen molar-refractivity contribution < 1.29 is 13.5 Å². The smallest absolute Gasteiger partial charge is 0.388 e. The van der Waals surface area contributed by atoms with E-state index in [4.69, 9.17) is 6.42 Å². The molecule has 0 aliphatic rings. The summed E-state index contributed by atoms with van der Waals surface area (Å²) in [7, 11) is 1.50. The fourth-order valence-corrected chi connectivity index (χ4v) is 0.880. The molecule has 0 spiro atoms. The van der Waals surface area contributed by atoms with E-state index in [1.54, 1.807) is 0 Å². The molecule has 0 saturated carbocycles. The maximum atomic E-state index is 11.8. The van der Waals surface area contributed by atoms with E-state index in [2.05, 4.69) is 21.1 Å². The van der Waals surface area contributed by atoms with Gasteiger partial charge in [-0.05, 0) is 0 Å². The molecule has 0 atom stereocenters. The first kappa shape index (κ1) is 10.3. The Labute approximate surface area is 79.9 Å². The number of halogens is 2. The molecular weight excluding hydrogens is 192 g/mol. The molecule has 4 nitrogen and oxygen atoms in total. The van der Waals surface area contributed by atoms with Crippen molar-refractivity contribution in [3.63, 3.8) is 0 Å². The number of anilines is 1. The third-order valence-corrected chi connectivity index (χ3v) is 1.42. The summed E-state index contributed by atoms with van der Waals surface area (Å²) in [5, 5.41) is 6.59. The van der Waals surface area contributed by atoms with Crippen molar-refractivity contribution in [2.75, 3.05) is 11.9 Å². The van der Waals surface area contributed by atoms with Crippen molar-refractivity contribution in [3.8, 4) is 18.2 Å². The van der Waals surface area contributed by atoms with E-state index in [0.717, 1.165) is 0 Å². The van der Waals surface area contributed by atoms with Gasteiger partial charge in [-0.1, -0.05) is 5.92 Å². The van der Waals surface area contributed by atoms with E-state index in [1.165, 1.54) is 17.8 Å². The predicted octanol–water partition coefficient (Wildman–Crippen LogP) is 1.07. The van der Waals surface area contributed by atoms with Crippen LogP contribution in [0.3, 0.4) is 0 Å². The molecule has 76 valence electrons. The average molecular weight is 201 g/mol. The van der Waals surface area contributed by atoms with E-state index in [0.29, 0.717) is 5.82 Å². The van der Waals surface area contributed by atoms with Crippen LogP contribution in [0.25, 0.3) is 0 Å². The van der Waals surface area contributed by atoms with Crippen LogP contribution in [0.1, 0.15) is 0 Å². The molecule has 0 bridgehead atoms. The summed E-state index contributed by atoms with van der Waals surface area (Å²) >= 11 is 0. The second kappa shape index (κ2) is 4.46. The van der Waals surface area contributed by atoms with Gasteiger partial charge in [-0.15, -0.1) is 6.42 Å². The predicted molar refractivity (Wildman–Crippen MR) is 47.2 cm³/mol. The van der Waals surface area contributed by atoms with Gasteiger partial charge < -0.3 is 10.1 Å². The Kier molecular flexibility index (Phi) is 3.29. The topological polar surface area (TPSA) is 39.1 Å². The molecule has 0 unspecified atom stereocenters. The highest BCUT2D eigenvalue weighted by Gasteiger charge is 2.10. The SMILES string of the molecule is C#CCNc1cc(OC(F)F)n(C)n1. The second-order valence-corrected chi connectivity index (χ2v) is 2.43. The highest BCUT2D eigenvalue weighted by molar-refractivity contribution is 5.39. The summed E-state index contributed by atoms with van der Waals surface area (Å²) in [4.78, 5) is 0. The van der Waals surface area contributed by atoms with E-state index in [1.807, 2.05) is 0 Å². The van der Waals surface area contributed by atoms with Crippen molar-refractivity contribution in [1.29, 1.82) is 0 Å². The summed E-state index contributed by atoms with van der Waals surface area (Å²) in [5.74, 6) is 2.73. The summed E-state index contributed by atoms with van der Waals surface area (Å²) in [6, 6.07) is 1.35. The van der Waals surface area contributed by atoms with Gasteiger partial charge in [0.2, 0.25) is 5.88 Å². The number of aromatic nitrogens is 2. The van der Waals surface area contributed by atoms with Crippen molar-refractivity contribution in [2.45, 2.75) is 6.61 Å². The fourth-order valence-electron chi connectivity index (χ4n) is 0.880. The fraction of sp³-hybridized carbons (Fsp3) is 0.375. The average Bonchev–Trinajstić information content (AvgIpc) is 2.43. The van der Waals surface area contributed by atoms with E-state index in [-0.39, 0.29) is 12.4 Å². The lowest BCUT2D eigenvalue weighted by Gasteiger charge is -2.01. The van der Waals surface area contributed by atoms with Gasteiger partial charge >= 0.3 is 6.61 Å². The second-order valence-electron chi connectivity index (χ2n) is 2.43. The van der Waals surface area contributed by atoms with Gasteiger partial charge in [-0.3, -0.25) is 0 Å². The van der Waals surface area contributed by atoms with Crippen molar-refractivity contribution in [3.05, 3.63) is 6.07 Å². The number of rotatable bonds is 4. The molecule has 14 heavy (non-hydrogen) atoms.